The first-order valence-corrected chi connectivity index (χ1v) is 15.2. The molecule has 0 bridgehead atoms. The third-order valence-electron chi connectivity index (χ3n) is 7.71. The van der Waals surface area contributed by atoms with Crippen LogP contribution < -0.4 is 9.47 Å². The third kappa shape index (κ3) is 8.44. The largest absolute Gasteiger partial charge is 0.508 e. The minimum Gasteiger partial charge on any atom is -0.508 e. The quantitative estimate of drug-likeness (QED) is 0.164. The van der Waals surface area contributed by atoms with Crippen LogP contribution in [-0.2, 0) is 48.3 Å². The highest BCUT2D eigenvalue weighted by Gasteiger charge is 2.51. The first-order valence-electron chi connectivity index (χ1n) is 15.2. The molecule has 46 heavy (non-hydrogen) atoms. The van der Waals surface area contributed by atoms with Crippen molar-refractivity contribution in [1.29, 1.82) is 0 Å². The van der Waals surface area contributed by atoms with Gasteiger partial charge in [0.1, 0.15) is 41.7 Å². The number of hydrogen-bond acceptors (Lipinski definition) is 9. The van der Waals surface area contributed by atoms with E-state index in [0.29, 0.717) is 23.7 Å². The smallest absolute Gasteiger partial charge is 0.303 e. The molecular formula is C37H40O9. The van der Waals surface area contributed by atoms with Gasteiger partial charge in [0.15, 0.2) is 6.10 Å². The Morgan fingerprint density at radius 2 is 1.17 bits per heavy atom. The molecule has 0 amide bonds. The van der Waals surface area contributed by atoms with Crippen LogP contribution in [0.2, 0.25) is 0 Å². The van der Waals surface area contributed by atoms with Crippen molar-refractivity contribution in [1.82, 2.24) is 0 Å². The van der Waals surface area contributed by atoms with Crippen molar-refractivity contribution < 1.29 is 43.1 Å². The predicted molar refractivity (Wildman–Crippen MR) is 171 cm³/mol. The second kappa shape index (κ2) is 16.2. The minimum absolute atomic E-state index is 0.0546. The fraction of sp³-hybridized carbons (Fsp3) is 0.324. The van der Waals surface area contributed by atoms with Crippen LogP contribution in [0.15, 0.2) is 103 Å². The molecule has 9 heteroatoms. The van der Waals surface area contributed by atoms with Crippen LogP contribution in [0.4, 0.5) is 0 Å². The number of carbonyl (C=O) groups excluding carboxylic acids is 1. The molecule has 1 saturated heterocycles. The maximum atomic E-state index is 12.7. The van der Waals surface area contributed by atoms with Crippen molar-refractivity contribution in [2.24, 2.45) is 0 Å². The molecule has 1 aliphatic rings. The zero-order chi connectivity index (χ0) is 32.3. The summed E-state index contributed by atoms with van der Waals surface area (Å²) in [6, 6.07) is 32.3. The van der Waals surface area contributed by atoms with Gasteiger partial charge in [0.25, 0.3) is 0 Å². The minimum atomic E-state index is -0.986. The Labute approximate surface area is 269 Å². The Bertz CT molecular complexity index is 1490. The predicted octanol–water partition coefficient (Wildman–Crippen LogP) is 6.17. The van der Waals surface area contributed by atoms with E-state index in [2.05, 4.69) is 0 Å². The first-order chi connectivity index (χ1) is 22.5. The Balaban J connectivity index is 1.56. The second-order valence-corrected chi connectivity index (χ2v) is 11.0. The molecule has 4 aromatic carbocycles. The number of phenols is 1. The molecule has 0 aliphatic carbocycles. The highest BCUT2D eigenvalue weighted by molar-refractivity contribution is 5.66. The molecule has 3 unspecified atom stereocenters. The van der Waals surface area contributed by atoms with Crippen LogP contribution >= 0.6 is 0 Å². The van der Waals surface area contributed by atoms with Crippen LogP contribution in [0.3, 0.4) is 0 Å². The van der Waals surface area contributed by atoms with Crippen LogP contribution in [0, 0.1) is 0 Å². The van der Waals surface area contributed by atoms with Crippen LogP contribution in [0.1, 0.15) is 35.3 Å². The number of rotatable bonds is 14. The van der Waals surface area contributed by atoms with Gasteiger partial charge in [-0.15, -0.1) is 0 Å². The van der Waals surface area contributed by atoms with E-state index in [1.165, 1.54) is 33.3 Å². The Hall–Kier alpha value is -4.41. The van der Waals surface area contributed by atoms with Crippen molar-refractivity contribution in [3.05, 3.63) is 125 Å². The maximum absolute atomic E-state index is 12.7. The molecule has 0 aromatic heterocycles. The molecule has 242 valence electrons. The van der Waals surface area contributed by atoms with Crippen molar-refractivity contribution in [3.63, 3.8) is 0 Å². The number of esters is 1. The molecule has 0 spiro atoms. The molecule has 0 radical (unpaired) electrons. The summed E-state index contributed by atoms with van der Waals surface area (Å²) < 4.78 is 43.6. The highest BCUT2D eigenvalue weighted by atomic mass is 16.6. The summed E-state index contributed by atoms with van der Waals surface area (Å²) >= 11 is 0. The van der Waals surface area contributed by atoms with Gasteiger partial charge in [-0.2, -0.15) is 0 Å². The first kappa shape index (κ1) is 33.0. The van der Waals surface area contributed by atoms with E-state index >= 15 is 0 Å². The number of aromatic hydroxyl groups is 1. The van der Waals surface area contributed by atoms with Crippen molar-refractivity contribution >= 4 is 5.97 Å². The fourth-order valence-corrected chi connectivity index (χ4v) is 5.60. The number of phenolic OH excluding ortho intramolecular Hbond substituents is 1. The summed E-state index contributed by atoms with van der Waals surface area (Å²) in [5, 5.41) is 10.4. The second-order valence-electron chi connectivity index (χ2n) is 11.0. The van der Waals surface area contributed by atoms with E-state index in [-0.39, 0.29) is 25.6 Å². The Kier molecular flexibility index (Phi) is 11.6. The number of ether oxygens (including phenoxy) is 7. The molecule has 1 fully saturated rings. The van der Waals surface area contributed by atoms with Crippen molar-refractivity contribution in [2.45, 2.75) is 57.3 Å². The molecule has 4 aromatic rings. The Morgan fingerprint density at radius 3 is 1.65 bits per heavy atom. The van der Waals surface area contributed by atoms with Crippen LogP contribution in [0.5, 0.6) is 17.2 Å². The number of benzene rings is 4. The van der Waals surface area contributed by atoms with E-state index < -0.39 is 36.5 Å². The number of methoxy groups -OCH3 is 2. The highest BCUT2D eigenvalue weighted by Crippen LogP contribution is 2.46. The van der Waals surface area contributed by atoms with Crippen LogP contribution in [0.25, 0.3) is 0 Å². The fourth-order valence-electron chi connectivity index (χ4n) is 5.60. The van der Waals surface area contributed by atoms with E-state index in [4.69, 9.17) is 33.2 Å². The van der Waals surface area contributed by atoms with E-state index in [9.17, 15) is 9.90 Å². The standard InChI is InChI=1S/C37H40O9/c1-25(38)45-37-35(33-30(40-2)19-29(39)20-31(33)41-3)46-32(24-42-21-26-13-7-4-8-14-26)34(43-22-27-15-9-5-10-16-27)36(37)44-23-28-17-11-6-12-18-28/h4-20,32,34-37,39H,21-24H2,1-3H3/t32?,34-,35+,36?,37?/m1/s1. The summed E-state index contributed by atoms with van der Waals surface area (Å²) in [6.45, 7) is 2.32. The lowest BCUT2D eigenvalue weighted by molar-refractivity contribution is -0.268. The van der Waals surface area contributed by atoms with Gasteiger partial charge in [-0.3, -0.25) is 4.79 Å². The van der Waals surface area contributed by atoms with Gasteiger partial charge in [-0.05, 0) is 16.7 Å². The monoisotopic (exact) mass is 628 g/mol. The topological polar surface area (TPSA) is 102 Å². The molecule has 1 aliphatic heterocycles. The van der Waals surface area contributed by atoms with Gasteiger partial charge in [0, 0.05) is 19.1 Å². The molecule has 9 nitrogen and oxygen atoms in total. The number of carbonyl (C=O) groups is 1. The lowest BCUT2D eigenvalue weighted by atomic mass is 9.89. The summed E-state index contributed by atoms with van der Waals surface area (Å²) in [5.74, 6) is 0.0204. The van der Waals surface area contributed by atoms with Gasteiger partial charge in [0.2, 0.25) is 0 Å². The van der Waals surface area contributed by atoms with Crippen molar-refractivity contribution in [2.75, 3.05) is 20.8 Å². The summed E-state index contributed by atoms with van der Waals surface area (Å²) in [5.41, 5.74) is 3.36. The lowest BCUT2D eigenvalue weighted by Gasteiger charge is -2.46. The zero-order valence-electron chi connectivity index (χ0n) is 26.2. The van der Waals surface area contributed by atoms with E-state index in [0.717, 1.165) is 16.7 Å². The average molecular weight is 629 g/mol. The summed E-state index contributed by atoms with van der Waals surface area (Å²) in [6.07, 6.45) is -4.11. The van der Waals surface area contributed by atoms with Gasteiger partial charge in [-0.25, -0.2) is 0 Å². The normalized spacial score (nSPS) is 21.0. The SMILES string of the molecule is COc1cc(O)cc(OC)c1[C@@H]1OC(COCc2ccccc2)[C@@H](OCc2ccccc2)C(OCc2ccccc2)C1OC(C)=O. The molecular weight excluding hydrogens is 588 g/mol. The maximum Gasteiger partial charge on any atom is 0.303 e. The van der Waals surface area contributed by atoms with E-state index in [1.807, 2.05) is 91.0 Å². The van der Waals surface area contributed by atoms with Gasteiger partial charge >= 0.3 is 5.97 Å². The van der Waals surface area contributed by atoms with Crippen molar-refractivity contribution in [3.8, 4) is 17.2 Å². The average Bonchev–Trinajstić information content (AvgIpc) is 3.08. The zero-order valence-corrected chi connectivity index (χ0v) is 26.2. The number of hydrogen-bond donors (Lipinski definition) is 1. The molecule has 0 saturated carbocycles. The van der Waals surface area contributed by atoms with Gasteiger partial charge < -0.3 is 38.3 Å². The van der Waals surface area contributed by atoms with Crippen LogP contribution in [-0.4, -0.2) is 56.3 Å². The third-order valence-corrected chi connectivity index (χ3v) is 7.71. The Morgan fingerprint density at radius 1 is 0.696 bits per heavy atom. The molecule has 5 atom stereocenters. The lowest BCUT2D eigenvalue weighted by Crippen LogP contribution is -2.58. The molecule has 1 N–H and O–H groups in total. The van der Waals surface area contributed by atoms with Gasteiger partial charge in [0.05, 0.1) is 46.2 Å². The molecule has 5 rings (SSSR count). The summed E-state index contributed by atoms with van der Waals surface area (Å²) in [7, 11) is 2.97. The summed E-state index contributed by atoms with van der Waals surface area (Å²) in [4.78, 5) is 12.7. The molecule has 1 heterocycles. The van der Waals surface area contributed by atoms with E-state index in [1.54, 1.807) is 0 Å². The van der Waals surface area contributed by atoms with Gasteiger partial charge in [-0.1, -0.05) is 91.0 Å².